The second-order valence-electron chi connectivity index (χ2n) is 6.10. The lowest BCUT2D eigenvalue weighted by atomic mass is 10.1. The van der Waals surface area contributed by atoms with Crippen molar-refractivity contribution >= 4 is 23.8 Å². The maximum absolute atomic E-state index is 12.4. The van der Waals surface area contributed by atoms with Gasteiger partial charge in [-0.05, 0) is 0 Å². The van der Waals surface area contributed by atoms with E-state index in [2.05, 4.69) is 10.1 Å². The molecule has 0 spiro atoms. The van der Waals surface area contributed by atoms with E-state index >= 15 is 0 Å². The highest BCUT2D eigenvalue weighted by Gasteiger charge is 2.41. The zero-order chi connectivity index (χ0) is 19.7. The largest absolute Gasteiger partial charge is 0.466 e. The summed E-state index contributed by atoms with van der Waals surface area (Å²) in [5.41, 5.74) is 0. The van der Waals surface area contributed by atoms with Crippen molar-refractivity contribution in [1.29, 1.82) is 0 Å². The molecule has 0 saturated carbocycles. The van der Waals surface area contributed by atoms with Gasteiger partial charge in [0.1, 0.15) is 12.1 Å². The number of likely N-dealkylation sites (tertiary alicyclic amines) is 1. The summed E-state index contributed by atoms with van der Waals surface area (Å²) in [6.45, 7) is 4.27. The summed E-state index contributed by atoms with van der Waals surface area (Å²) >= 11 is 0. The lowest BCUT2D eigenvalue weighted by Crippen LogP contribution is -2.47. The fraction of sp³-hybridized carbons (Fsp3) is 0.647. The molecule has 1 rings (SSSR count). The third-order valence-electron chi connectivity index (χ3n) is 3.79. The van der Waals surface area contributed by atoms with Gasteiger partial charge in [-0.2, -0.15) is 0 Å². The minimum atomic E-state index is -0.738. The summed E-state index contributed by atoms with van der Waals surface area (Å²) in [6, 6.07) is -0.718. The highest BCUT2D eigenvalue weighted by molar-refractivity contribution is 5.92. The van der Waals surface area contributed by atoms with Crippen LogP contribution in [0.15, 0.2) is 12.2 Å². The molecule has 0 aromatic rings. The molecule has 1 heterocycles. The molecule has 1 aliphatic heterocycles. The van der Waals surface area contributed by atoms with Crippen LogP contribution >= 0.6 is 0 Å². The van der Waals surface area contributed by atoms with E-state index in [1.807, 2.05) is 0 Å². The van der Waals surface area contributed by atoms with Crippen LogP contribution in [0, 0.1) is 5.92 Å². The van der Waals surface area contributed by atoms with Crippen LogP contribution in [0.25, 0.3) is 0 Å². The van der Waals surface area contributed by atoms with E-state index in [0.29, 0.717) is 13.2 Å². The first kappa shape index (κ1) is 21.6. The van der Waals surface area contributed by atoms with Crippen LogP contribution in [-0.2, 0) is 33.4 Å². The Morgan fingerprint density at radius 1 is 1.15 bits per heavy atom. The average Bonchev–Trinajstić information content (AvgIpc) is 3.02. The lowest BCUT2D eigenvalue weighted by Gasteiger charge is -2.25. The monoisotopic (exact) mass is 370 g/mol. The number of carbonyl (C=O) groups is 4. The third kappa shape index (κ3) is 6.47. The van der Waals surface area contributed by atoms with Crippen molar-refractivity contribution < 1.29 is 33.4 Å². The molecule has 0 aliphatic carbocycles. The Morgan fingerprint density at radius 2 is 1.81 bits per heavy atom. The van der Waals surface area contributed by atoms with Gasteiger partial charge in [0.05, 0.1) is 20.3 Å². The third-order valence-corrected chi connectivity index (χ3v) is 3.79. The Hall–Kier alpha value is -2.42. The van der Waals surface area contributed by atoms with Gasteiger partial charge in [0.25, 0.3) is 0 Å². The molecule has 0 aromatic carbocycles. The van der Waals surface area contributed by atoms with Crippen LogP contribution in [0.1, 0.15) is 20.3 Å². The summed E-state index contributed by atoms with van der Waals surface area (Å²) in [6.07, 6.45) is 1.45. The highest BCUT2D eigenvalue weighted by atomic mass is 16.5. The second-order valence-corrected chi connectivity index (χ2v) is 6.10. The Morgan fingerprint density at radius 3 is 2.38 bits per heavy atom. The first-order chi connectivity index (χ1) is 12.3. The summed E-state index contributed by atoms with van der Waals surface area (Å²) in [4.78, 5) is 49.0. The van der Waals surface area contributed by atoms with Gasteiger partial charge >= 0.3 is 11.9 Å². The minimum Gasteiger partial charge on any atom is -0.466 e. The van der Waals surface area contributed by atoms with Crippen molar-refractivity contribution in [3.05, 3.63) is 12.2 Å². The normalized spacial score (nSPS) is 19.7. The van der Waals surface area contributed by atoms with Gasteiger partial charge in [-0.1, -0.05) is 13.8 Å². The maximum Gasteiger partial charge on any atom is 0.331 e. The number of carbonyl (C=O) groups excluding carboxylic acids is 4. The molecular formula is C17H26N2O7. The number of esters is 2. The van der Waals surface area contributed by atoms with Crippen molar-refractivity contribution in [3.63, 3.8) is 0 Å². The maximum atomic E-state index is 12.4. The molecule has 0 radical (unpaired) electrons. The van der Waals surface area contributed by atoms with Crippen LogP contribution < -0.4 is 5.32 Å². The molecule has 1 fully saturated rings. The molecule has 0 aromatic heterocycles. The number of hydrogen-bond acceptors (Lipinski definition) is 7. The summed E-state index contributed by atoms with van der Waals surface area (Å²) in [5.74, 6) is -2.23. The summed E-state index contributed by atoms with van der Waals surface area (Å²) in [5, 5.41) is 2.70. The van der Waals surface area contributed by atoms with E-state index in [-0.39, 0.29) is 30.7 Å². The molecule has 26 heavy (non-hydrogen) atoms. The molecule has 1 N–H and O–H groups in total. The summed E-state index contributed by atoms with van der Waals surface area (Å²) < 4.78 is 14.5. The Bertz CT molecular complexity index is 559. The van der Waals surface area contributed by atoms with Gasteiger partial charge in [-0.3, -0.25) is 9.59 Å². The van der Waals surface area contributed by atoms with Crippen molar-refractivity contribution in [1.82, 2.24) is 10.2 Å². The van der Waals surface area contributed by atoms with Gasteiger partial charge in [0, 0.05) is 38.1 Å². The van der Waals surface area contributed by atoms with Crippen molar-refractivity contribution in [2.45, 2.75) is 32.4 Å². The number of methoxy groups -OCH3 is 2. The molecule has 2 atom stereocenters. The number of ether oxygens (including phenoxy) is 3. The van der Waals surface area contributed by atoms with Gasteiger partial charge < -0.3 is 24.4 Å². The fourth-order valence-electron chi connectivity index (χ4n) is 2.51. The zero-order valence-corrected chi connectivity index (χ0v) is 15.5. The smallest absolute Gasteiger partial charge is 0.331 e. The molecule has 0 bridgehead atoms. The molecule has 146 valence electrons. The molecule has 9 heteroatoms. The van der Waals surface area contributed by atoms with Gasteiger partial charge in [-0.15, -0.1) is 0 Å². The van der Waals surface area contributed by atoms with E-state index in [1.165, 1.54) is 19.1 Å². The Labute approximate surface area is 152 Å². The SMILES string of the molecule is COCCNC(=O)[C@@H]1C[C@@H](OC(=O)/C=C/C(=O)OC)CN1C(=O)C(C)C. The number of amides is 2. The standard InChI is InChI=1S/C17H26N2O7/c1-11(2)17(23)19-10-12(26-15(21)6-5-14(20)25-4)9-13(19)16(22)18-7-8-24-3/h5-6,11-13H,7-10H2,1-4H3,(H,18,22)/b6-5+/t12-,13+/m1/s1. The zero-order valence-electron chi connectivity index (χ0n) is 15.5. The Kier molecular flexibility index (Phi) is 8.77. The topological polar surface area (TPSA) is 111 Å². The van der Waals surface area contributed by atoms with E-state index in [4.69, 9.17) is 9.47 Å². The number of nitrogens with one attached hydrogen (secondary N) is 1. The molecule has 1 saturated heterocycles. The van der Waals surface area contributed by atoms with Crippen molar-refractivity contribution in [2.75, 3.05) is 33.9 Å². The van der Waals surface area contributed by atoms with Gasteiger partial charge in [-0.25, -0.2) is 9.59 Å². The fourth-order valence-corrected chi connectivity index (χ4v) is 2.51. The number of rotatable bonds is 8. The van der Waals surface area contributed by atoms with Crippen LogP contribution in [0.5, 0.6) is 0 Å². The van der Waals surface area contributed by atoms with Crippen molar-refractivity contribution in [3.8, 4) is 0 Å². The predicted molar refractivity (Wildman–Crippen MR) is 90.9 cm³/mol. The first-order valence-corrected chi connectivity index (χ1v) is 8.33. The van der Waals surface area contributed by atoms with Crippen molar-refractivity contribution in [2.24, 2.45) is 5.92 Å². The molecule has 1 aliphatic rings. The number of hydrogen-bond donors (Lipinski definition) is 1. The van der Waals surface area contributed by atoms with Crippen LogP contribution in [0.2, 0.25) is 0 Å². The van der Waals surface area contributed by atoms with E-state index in [0.717, 1.165) is 12.2 Å². The first-order valence-electron chi connectivity index (χ1n) is 8.33. The van der Waals surface area contributed by atoms with E-state index < -0.39 is 24.1 Å². The van der Waals surface area contributed by atoms with Gasteiger partial charge in [0.15, 0.2) is 0 Å². The van der Waals surface area contributed by atoms with Crippen LogP contribution in [-0.4, -0.2) is 74.7 Å². The highest BCUT2D eigenvalue weighted by Crippen LogP contribution is 2.23. The molecule has 0 unspecified atom stereocenters. The molecular weight excluding hydrogens is 344 g/mol. The predicted octanol–water partition coefficient (Wildman–Crippen LogP) is -0.353. The second kappa shape index (κ2) is 10.5. The summed E-state index contributed by atoms with van der Waals surface area (Å²) in [7, 11) is 2.71. The van der Waals surface area contributed by atoms with E-state index in [9.17, 15) is 19.2 Å². The van der Waals surface area contributed by atoms with Crippen LogP contribution in [0.4, 0.5) is 0 Å². The molecule has 2 amide bonds. The van der Waals surface area contributed by atoms with Crippen LogP contribution in [0.3, 0.4) is 0 Å². The quantitative estimate of drug-likeness (QED) is 0.353. The minimum absolute atomic E-state index is 0.122. The number of nitrogens with zero attached hydrogens (tertiary/aromatic N) is 1. The lowest BCUT2D eigenvalue weighted by molar-refractivity contribution is -0.144. The molecule has 9 nitrogen and oxygen atoms in total. The van der Waals surface area contributed by atoms with Gasteiger partial charge in [0.2, 0.25) is 11.8 Å². The average molecular weight is 370 g/mol. The van der Waals surface area contributed by atoms with E-state index in [1.54, 1.807) is 13.8 Å². The Balaban J connectivity index is 2.75.